The summed E-state index contributed by atoms with van der Waals surface area (Å²) in [6.07, 6.45) is -3.96. The molecule has 1 N–H and O–H groups in total. The summed E-state index contributed by atoms with van der Waals surface area (Å²) in [6.45, 7) is 0. The summed E-state index contributed by atoms with van der Waals surface area (Å²) >= 11 is 0. The highest BCUT2D eigenvalue weighted by atomic mass is 32.2. The zero-order chi connectivity index (χ0) is 17.3. The van der Waals surface area contributed by atoms with Crippen LogP contribution in [0, 0.1) is 0 Å². The van der Waals surface area contributed by atoms with Crippen molar-refractivity contribution in [3.05, 3.63) is 30.6 Å². The molecule has 1 heterocycles. The molecule has 0 atom stereocenters. The van der Waals surface area contributed by atoms with Crippen LogP contribution in [0.25, 0.3) is 0 Å². The number of rotatable bonds is 6. The maximum atomic E-state index is 12.5. The first-order valence-corrected chi connectivity index (χ1v) is 7.68. The summed E-state index contributed by atoms with van der Waals surface area (Å²) in [6, 6.07) is 5.86. The second-order valence-electron chi connectivity index (χ2n) is 4.34. The van der Waals surface area contributed by atoms with Gasteiger partial charge in [-0.05, 0) is 12.8 Å². The van der Waals surface area contributed by atoms with Crippen molar-refractivity contribution in [2.24, 2.45) is 0 Å². The Morgan fingerprint density at radius 2 is 1.36 bits per heavy atom. The summed E-state index contributed by atoms with van der Waals surface area (Å²) in [5.41, 5.74) is 0. The monoisotopic (exact) mass is 349 g/mol. The van der Waals surface area contributed by atoms with Crippen LogP contribution < -0.4 is 4.98 Å². The fraction of sp³-hybridized carbons (Fsp3) is 0.583. The Hall–Kier alpha value is -1.29. The highest BCUT2D eigenvalue weighted by Crippen LogP contribution is 2.28. The topological polar surface area (TPSA) is 71.3 Å². The molecule has 0 aliphatic heterocycles. The number of aromatic nitrogens is 1. The smallest absolute Gasteiger partial charge is 0.389 e. The minimum Gasteiger partial charge on any atom is -0.743 e. The molecule has 0 fully saturated rings. The van der Waals surface area contributed by atoms with E-state index in [2.05, 4.69) is 4.98 Å². The van der Waals surface area contributed by atoms with Gasteiger partial charge in [-0.1, -0.05) is 12.5 Å². The van der Waals surface area contributed by atoms with Crippen molar-refractivity contribution >= 4 is 10.1 Å². The molecule has 4 nitrogen and oxygen atoms in total. The van der Waals surface area contributed by atoms with Crippen molar-refractivity contribution in [1.82, 2.24) is 0 Å². The third-order valence-electron chi connectivity index (χ3n) is 2.40. The number of pyridine rings is 1. The Labute approximate surface area is 125 Å². The molecule has 0 aliphatic rings. The molecule has 0 unspecified atom stereocenters. The van der Waals surface area contributed by atoms with Crippen LogP contribution in [0.3, 0.4) is 0 Å². The van der Waals surface area contributed by atoms with Gasteiger partial charge in [-0.25, -0.2) is 13.4 Å². The summed E-state index contributed by atoms with van der Waals surface area (Å²) in [4.78, 5) is 2.89. The molecule has 0 radical (unpaired) electrons. The predicted molar refractivity (Wildman–Crippen MR) is 66.8 cm³/mol. The van der Waals surface area contributed by atoms with Gasteiger partial charge in [0.2, 0.25) is 0 Å². The minimum atomic E-state index is -5.72. The fourth-order valence-corrected chi connectivity index (χ4v) is 1.69. The second-order valence-corrected chi connectivity index (χ2v) is 5.85. The third kappa shape index (κ3) is 10.4. The van der Waals surface area contributed by atoms with Crippen molar-refractivity contribution in [1.29, 1.82) is 0 Å². The van der Waals surface area contributed by atoms with E-state index in [0.29, 0.717) is 0 Å². The van der Waals surface area contributed by atoms with Crippen LogP contribution in [0.4, 0.5) is 22.0 Å². The quantitative estimate of drug-likeness (QED) is 0.450. The van der Waals surface area contributed by atoms with Crippen LogP contribution in [0.1, 0.15) is 32.1 Å². The van der Waals surface area contributed by atoms with Gasteiger partial charge in [0.1, 0.15) is 0 Å². The lowest BCUT2D eigenvalue weighted by molar-refractivity contribution is -0.377. The lowest BCUT2D eigenvalue weighted by atomic mass is 10.1. The van der Waals surface area contributed by atoms with Gasteiger partial charge in [-0.15, -0.1) is 0 Å². The first kappa shape index (κ1) is 20.7. The first-order chi connectivity index (χ1) is 9.96. The van der Waals surface area contributed by atoms with Gasteiger partial charge >= 0.3 is 11.4 Å². The summed E-state index contributed by atoms with van der Waals surface area (Å²) in [5, 5.41) is -4.40. The zero-order valence-corrected chi connectivity index (χ0v) is 12.3. The van der Waals surface area contributed by atoms with Gasteiger partial charge in [0, 0.05) is 25.0 Å². The highest BCUT2D eigenvalue weighted by Gasteiger charge is 2.36. The molecule has 0 aliphatic carbocycles. The maximum Gasteiger partial charge on any atom is 0.389 e. The number of unbranched alkanes of at least 4 members (excludes halogenated alkanes) is 2. The molecular weight excluding hydrogens is 333 g/mol. The maximum absolute atomic E-state index is 12.5. The number of hydrogen-bond donors (Lipinski definition) is 0. The van der Waals surface area contributed by atoms with Gasteiger partial charge < -0.3 is 4.55 Å². The average Bonchev–Trinajstić information content (AvgIpc) is 2.38. The van der Waals surface area contributed by atoms with Crippen molar-refractivity contribution in [3.63, 3.8) is 0 Å². The van der Waals surface area contributed by atoms with Gasteiger partial charge in [0.05, 0.1) is 0 Å². The Balaban J connectivity index is 0.000000604. The molecular formula is C12H16F5NO3S. The van der Waals surface area contributed by atoms with Crippen molar-refractivity contribution < 1.29 is 39.9 Å². The van der Waals surface area contributed by atoms with Crippen LogP contribution in [-0.2, 0) is 10.1 Å². The van der Waals surface area contributed by atoms with E-state index in [1.165, 1.54) is 0 Å². The largest absolute Gasteiger partial charge is 0.743 e. The van der Waals surface area contributed by atoms with E-state index in [4.69, 9.17) is 0 Å². The van der Waals surface area contributed by atoms with Gasteiger partial charge in [-0.2, -0.15) is 22.0 Å². The van der Waals surface area contributed by atoms with Gasteiger partial charge in [0.25, 0.3) is 0 Å². The van der Waals surface area contributed by atoms with Crippen LogP contribution >= 0.6 is 0 Å². The molecule has 128 valence electrons. The molecule has 22 heavy (non-hydrogen) atoms. The molecule has 0 bridgehead atoms. The molecule has 10 heteroatoms. The van der Waals surface area contributed by atoms with Gasteiger partial charge in [-0.3, -0.25) is 0 Å². The van der Waals surface area contributed by atoms with Crippen LogP contribution in [0.2, 0.25) is 0 Å². The number of aromatic amines is 1. The van der Waals surface area contributed by atoms with E-state index in [1.54, 1.807) is 0 Å². The number of nitrogens with one attached hydrogen (secondary N) is 1. The lowest BCUT2D eigenvalue weighted by Crippen LogP contribution is -2.28. The van der Waals surface area contributed by atoms with Crippen molar-refractivity contribution in [2.75, 3.05) is 0 Å². The molecule has 1 aromatic heterocycles. The standard InChI is InChI=1S/C7H11F5O3S.C5H5N/c8-6(9,10)4-2-1-3-5-7(11,12)16(13,14)15;1-2-4-6-5-3-1/h1-5H2,(H,13,14,15);1-5H. The lowest BCUT2D eigenvalue weighted by Gasteiger charge is -2.19. The van der Waals surface area contributed by atoms with Gasteiger partial charge in [0.15, 0.2) is 22.5 Å². The van der Waals surface area contributed by atoms with Crippen molar-refractivity contribution in [2.45, 2.75) is 43.5 Å². The summed E-state index contributed by atoms with van der Waals surface area (Å²) in [5.74, 6) is 0. The van der Waals surface area contributed by atoms with E-state index in [9.17, 15) is 34.9 Å². The molecule has 0 amide bonds. The number of H-pyrrole nitrogens is 1. The molecule has 1 rings (SSSR count). The average molecular weight is 349 g/mol. The Bertz CT molecular complexity index is 479. The molecule has 0 spiro atoms. The zero-order valence-electron chi connectivity index (χ0n) is 11.4. The number of alkyl halides is 5. The van der Waals surface area contributed by atoms with Crippen LogP contribution in [0.5, 0.6) is 0 Å². The Morgan fingerprint density at radius 3 is 1.68 bits per heavy atom. The third-order valence-corrected chi connectivity index (χ3v) is 3.34. The molecule has 1 aromatic rings. The van der Waals surface area contributed by atoms with E-state index in [1.807, 2.05) is 30.6 Å². The normalized spacial score (nSPS) is 12.5. The SMILES string of the molecule is O=S(=O)([O-])C(F)(F)CCCCCC(F)(F)F.c1cc[nH+]cc1. The van der Waals surface area contributed by atoms with Crippen LogP contribution in [-0.4, -0.2) is 24.4 Å². The minimum absolute atomic E-state index is 0.204. The van der Waals surface area contributed by atoms with E-state index < -0.39 is 40.8 Å². The predicted octanol–water partition coefficient (Wildman–Crippen LogP) is 3.14. The van der Waals surface area contributed by atoms with Crippen LogP contribution in [0.15, 0.2) is 30.6 Å². The van der Waals surface area contributed by atoms with E-state index >= 15 is 0 Å². The summed E-state index contributed by atoms with van der Waals surface area (Å²) < 4.78 is 89.7. The fourth-order valence-electron chi connectivity index (χ4n) is 1.30. The van der Waals surface area contributed by atoms with Crippen molar-refractivity contribution in [3.8, 4) is 0 Å². The highest BCUT2D eigenvalue weighted by molar-refractivity contribution is 7.86. The molecule has 0 saturated carbocycles. The van der Waals surface area contributed by atoms with E-state index in [0.717, 1.165) is 0 Å². The Kier molecular flexibility index (Phi) is 8.46. The molecule has 0 aromatic carbocycles. The number of hydrogen-bond acceptors (Lipinski definition) is 3. The Morgan fingerprint density at radius 1 is 0.864 bits per heavy atom. The van der Waals surface area contributed by atoms with E-state index in [-0.39, 0.29) is 12.8 Å². The summed E-state index contributed by atoms with van der Waals surface area (Å²) in [7, 11) is -5.72. The first-order valence-electron chi connectivity index (χ1n) is 6.27. The molecule has 0 saturated heterocycles. The number of halogens is 5. The second kappa shape index (κ2) is 8.99.